The van der Waals surface area contributed by atoms with Crippen LogP contribution in [0.4, 0.5) is 0 Å². The SMILES string of the molecule is C1=NCSOC1. The molecule has 0 unspecified atom stereocenters. The minimum absolute atomic E-state index is 0.671. The maximum absolute atomic E-state index is 4.84. The van der Waals surface area contributed by atoms with Gasteiger partial charge in [0.25, 0.3) is 0 Å². The molecule has 2 nitrogen and oxygen atoms in total. The molecule has 1 rings (SSSR count). The molecule has 0 spiro atoms. The Hall–Kier alpha value is -0.0200. The molecule has 0 radical (unpaired) electrons. The fourth-order valence-electron chi connectivity index (χ4n) is 0.252. The van der Waals surface area contributed by atoms with Crippen LogP contribution in [0.2, 0.25) is 0 Å². The molecule has 6 heavy (non-hydrogen) atoms. The Labute approximate surface area is 40.8 Å². The van der Waals surface area contributed by atoms with Crippen LogP contribution in [0.5, 0.6) is 0 Å². The van der Waals surface area contributed by atoms with Gasteiger partial charge < -0.3 is 4.18 Å². The van der Waals surface area contributed by atoms with E-state index in [2.05, 4.69) is 4.99 Å². The van der Waals surface area contributed by atoms with Crippen LogP contribution in [0.3, 0.4) is 0 Å². The first-order chi connectivity index (χ1) is 3.00. The lowest BCUT2D eigenvalue weighted by atomic mass is 10.8. The van der Waals surface area contributed by atoms with Crippen LogP contribution in [0.25, 0.3) is 0 Å². The zero-order valence-electron chi connectivity index (χ0n) is 3.26. The molecule has 0 atom stereocenters. The summed E-state index contributed by atoms with van der Waals surface area (Å²) in [5, 5.41) is 0. The highest BCUT2D eigenvalue weighted by Crippen LogP contribution is 2.03. The van der Waals surface area contributed by atoms with Crippen molar-refractivity contribution in [1.82, 2.24) is 0 Å². The second kappa shape index (κ2) is 2.21. The molecule has 0 saturated carbocycles. The predicted octanol–water partition coefficient (Wildman–Crippen LogP) is 0.693. The van der Waals surface area contributed by atoms with Gasteiger partial charge in [-0.25, -0.2) is 0 Å². The Morgan fingerprint density at radius 1 is 1.83 bits per heavy atom. The molecule has 34 valence electrons. The van der Waals surface area contributed by atoms with Gasteiger partial charge in [0.15, 0.2) is 0 Å². The van der Waals surface area contributed by atoms with Gasteiger partial charge in [0, 0.05) is 18.3 Å². The summed E-state index contributed by atoms with van der Waals surface area (Å²) >= 11 is 1.40. The van der Waals surface area contributed by atoms with Gasteiger partial charge in [-0.1, -0.05) is 0 Å². The first-order valence-corrected chi connectivity index (χ1v) is 2.64. The number of nitrogens with zero attached hydrogens (tertiary/aromatic N) is 1. The van der Waals surface area contributed by atoms with Crippen molar-refractivity contribution >= 4 is 18.3 Å². The van der Waals surface area contributed by atoms with E-state index in [1.807, 2.05) is 0 Å². The van der Waals surface area contributed by atoms with Gasteiger partial charge in [-0.05, 0) is 0 Å². The lowest BCUT2D eigenvalue weighted by Crippen LogP contribution is -1.94. The molecular weight excluding hydrogens is 98.1 g/mol. The van der Waals surface area contributed by atoms with Crippen LogP contribution in [0.1, 0.15) is 0 Å². The Bertz CT molecular complexity index is 55.8. The molecule has 1 heterocycles. The van der Waals surface area contributed by atoms with E-state index in [1.165, 1.54) is 12.0 Å². The molecule has 0 bridgehead atoms. The summed E-state index contributed by atoms with van der Waals surface area (Å²) in [6, 6.07) is 0. The van der Waals surface area contributed by atoms with Crippen molar-refractivity contribution in [3.63, 3.8) is 0 Å². The smallest absolute Gasteiger partial charge is 0.110 e. The molecule has 3 heteroatoms. The fraction of sp³-hybridized carbons (Fsp3) is 0.667. The minimum atomic E-state index is 0.671. The van der Waals surface area contributed by atoms with E-state index in [4.69, 9.17) is 4.18 Å². The third-order valence-corrected chi connectivity index (χ3v) is 1.04. The largest absolute Gasteiger partial charge is 0.308 e. The van der Waals surface area contributed by atoms with Crippen molar-refractivity contribution in [2.75, 3.05) is 12.5 Å². The molecule has 0 aliphatic carbocycles. The highest BCUT2D eigenvalue weighted by Gasteiger charge is 1.88. The summed E-state index contributed by atoms with van der Waals surface area (Å²) in [6.45, 7) is 0.671. The summed E-state index contributed by atoms with van der Waals surface area (Å²) in [7, 11) is 0. The maximum Gasteiger partial charge on any atom is 0.110 e. The van der Waals surface area contributed by atoms with Crippen molar-refractivity contribution in [2.45, 2.75) is 0 Å². The van der Waals surface area contributed by atoms with Crippen LogP contribution in [0, 0.1) is 0 Å². The number of hydrogen-bond donors (Lipinski definition) is 0. The number of hydrogen-bond acceptors (Lipinski definition) is 3. The Balaban J connectivity index is 2.26. The van der Waals surface area contributed by atoms with E-state index in [1.54, 1.807) is 6.21 Å². The van der Waals surface area contributed by atoms with Crippen molar-refractivity contribution in [1.29, 1.82) is 0 Å². The zero-order valence-corrected chi connectivity index (χ0v) is 4.07. The van der Waals surface area contributed by atoms with Crippen LogP contribution < -0.4 is 0 Å². The van der Waals surface area contributed by atoms with E-state index in [-0.39, 0.29) is 0 Å². The molecule has 0 aromatic carbocycles. The Morgan fingerprint density at radius 3 is 3.00 bits per heavy atom. The van der Waals surface area contributed by atoms with Crippen LogP contribution >= 0.6 is 12.0 Å². The minimum Gasteiger partial charge on any atom is -0.308 e. The first kappa shape index (κ1) is 4.15. The third-order valence-electron chi connectivity index (χ3n) is 0.482. The average Bonchev–Trinajstić information content (AvgIpc) is 1.72. The Kier molecular flexibility index (Phi) is 1.52. The summed E-state index contributed by atoms with van der Waals surface area (Å²) < 4.78 is 4.84. The van der Waals surface area contributed by atoms with Crippen molar-refractivity contribution in [3.8, 4) is 0 Å². The molecule has 0 saturated heterocycles. The summed E-state index contributed by atoms with van der Waals surface area (Å²) in [4.78, 5) is 3.89. The highest BCUT2D eigenvalue weighted by molar-refractivity contribution is 7.94. The lowest BCUT2D eigenvalue weighted by molar-refractivity contribution is 0.444. The molecule has 0 fully saturated rings. The van der Waals surface area contributed by atoms with E-state index >= 15 is 0 Å². The van der Waals surface area contributed by atoms with Gasteiger partial charge in [0.2, 0.25) is 0 Å². The standard InChI is InChI=1S/C3H5NOS/c1-2-5-6-3-4-1/h1H,2-3H2. The monoisotopic (exact) mass is 103 g/mol. The summed E-state index contributed by atoms with van der Waals surface area (Å²) in [5.41, 5.74) is 0. The second-order valence-corrected chi connectivity index (χ2v) is 1.63. The second-order valence-electron chi connectivity index (χ2n) is 0.897. The van der Waals surface area contributed by atoms with E-state index in [0.29, 0.717) is 6.61 Å². The van der Waals surface area contributed by atoms with E-state index in [0.717, 1.165) is 5.88 Å². The van der Waals surface area contributed by atoms with Crippen LogP contribution in [-0.2, 0) is 4.18 Å². The molecule has 0 aromatic rings. The third kappa shape index (κ3) is 0.988. The Morgan fingerprint density at radius 2 is 2.83 bits per heavy atom. The number of rotatable bonds is 0. The molecular formula is C3H5NOS. The maximum atomic E-state index is 4.84. The normalized spacial score (nSPS) is 21.3. The number of aliphatic imine (C=N–C) groups is 1. The quantitative estimate of drug-likeness (QED) is 0.421. The summed E-state index contributed by atoms with van der Waals surface area (Å²) in [5.74, 6) is 0.764. The van der Waals surface area contributed by atoms with Crippen LogP contribution in [-0.4, -0.2) is 18.7 Å². The van der Waals surface area contributed by atoms with Gasteiger partial charge in [-0.3, -0.25) is 4.99 Å². The highest BCUT2D eigenvalue weighted by atomic mass is 32.2. The van der Waals surface area contributed by atoms with Gasteiger partial charge in [0.05, 0.1) is 6.61 Å². The van der Waals surface area contributed by atoms with Crippen molar-refractivity contribution in [3.05, 3.63) is 0 Å². The van der Waals surface area contributed by atoms with Crippen LogP contribution in [0.15, 0.2) is 4.99 Å². The molecule has 0 aromatic heterocycles. The van der Waals surface area contributed by atoms with Gasteiger partial charge >= 0.3 is 0 Å². The zero-order chi connectivity index (χ0) is 4.24. The predicted molar refractivity (Wildman–Crippen MR) is 26.9 cm³/mol. The molecule has 0 amide bonds. The van der Waals surface area contributed by atoms with Crippen molar-refractivity contribution in [2.24, 2.45) is 4.99 Å². The molecule has 1 aliphatic rings. The van der Waals surface area contributed by atoms with Gasteiger partial charge in [0.1, 0.15) is 5.88 Å². The average molecular weight is 103 g/mol. The van der Waals surface area contributed by atoms with E-state index < -0.39 is 0 Å². The lowest BCUT2D eigenvalue weighted by Gasteiger charge is -1.98. The fourth-order valence-corrected chi connectivity index (χ4v) is 0.650. The molecule has 0 N–H and O–H groups in total. The topological polar surface area (TPSA) is 21.6 Å². The van der Waals surface area contributed by atoms with Gasteiger partial charge in [-0.2, -0.15) is 0 Å². The first-order valence-electron chi connectivity index (χ1n) is 1.73. The van der Waals surface area contributed by atoms with Gasteiger partial charge in [-0.15, -0.1) is 0 Å². The summed E-state index contributed by atoms with van der Waals surface area (Å²) in [6.07, 6.45) is 1.77. The van der Waals surface area contributed by atoms with Crippen molar-refractivity contribution < 1.29 is 4.18 Å². The van der Waals surface area contributed by atoms with E-state index in [9.17, 15) is 0 Å². The molecule has 1 aliphatic heterocycles.